The van der Waals surface area contributed by atoms with E-state index in [4.69, 9.17) is 9.47 Å². The van der Waals surface area contributed by atoms with Crippen LogP contribution in [0, 0.1) is 5.92 Å². The highest BCUT2D eigenvalue weighted by atomic mass is 16.5. The molecule has 4 amide bonds. The zero-order chi connectivity index (χ0) is 25.6. The molecule has 2 aromatic carbocycles. The largest absolute Gasteiger partial charge is 0.467 e. The van der Waals surface area contributed by atoms with Gasteiger partial charge < -0.3 is 20.1 Å². The Bertz CT molecular complexity index is 968. The first-order chi connectivity index (χ1) is 16.8. The first-order valence-electron chi connectivity index (χ1n) is 11.2. The van der Waals surface area contributed by atoms with Crippen molar-refractivity contribution in [2.24, 2.45) is 5.92 Å². The number of hydrogen-bond donors (Lipinski definition) is 4. The molecule has 2 atom stereocenters. The number of urea groups is 1. The molecule has 0 radical (unpaired) electrons. The number of carbonyl (C=O) groups excluding carboxylic acids is 4. The molecule has 0 aliphatic heterocycles. The number of hydrazine groups is 1. The van der Waals surface area contributed by atoms with Crippen LogP contribution in [-0.2, 0) is 32.1 Å². The van der Waals surface area contributed by atoms with Crippen molar-refractivity contribution in [1.29, 1.82) is 0 Å². The van der Waals surface area contributed by atoms with Gasteiger partial charge in [0.25, 0.3) is 5.91 Å². The summed E-state index contributed by atoms with van der Waals surface area (Å²) in [7, 11) is 1.23. The molecule has 4 N–H and O–H groups in total. The minimum Gasteiger partial charge on any atom is -0.467 e. The molecule has 0 bridgehead atoms. The van der Waals surface area contributed by atoms with Crippen LogP contribution in [-0.4, -0.2) is 43.2 Å². The van der Waals surface area contributed by atoms with Crippen molar-refractivity contribution in [3.05, 3.63) is 71.8 Å². The van der Waals surface area contributed by atoms with Crippen LogP contribution in [0.1, 0.15) is 31.4 Å². The quantitative estimate of drug-likeness (QED) is 0.302. The number of alkyl carbamates (subject to hydrolysis) is 1. The average Bonchev–Trinajstić information content (AvgIpc) is 2.85. The summed E-state index contributed by atoms with van der Waals surface area (Å²) in [5, 5.41) is 5.01. The number of carbonyl (C=O) groups is 4. The van der Waals surface area contributed by atoms with Gasteiger partial charge >= 0.3 is 18.1 Å². The monoisotopic (exact) mass is 484 g/mol. The number of hydrogen-bond acceptors (Lipinski definition) is 6. The molecule has 2 rings (SSSR count). The molecule has 0 aliphatic carbocycles. The Morgan fingerprint density at radius 3 is 1.97 bits per heavy atom. The van der Waals surface area contributed by atoms with Crippen LogP contribution >= 0.6 is 0 Å². The van der Waals surface area contributed by atoms with Crippen LogP contribution in [0.15, 0.2) is 60.7 Å². The molecule has 10 heteroatoms. The second-order valence-electron chi connectivity index (χ2n) is 8.24. The fourth-order valence-corrected chi connectivity index (χ4v) is 3.19. The van der Waals surface area contributed by atoms with Crippen molar-refractivity contribution < 1.29 is 28.7 Å². The maximum absolute atomic E-state index is 12.8. The molecule has 0 aliphatic rings. The van der Waals surface area contributed by atoms with E-state index in [1.54, 1.807) is 0 Å². The van der Waals surface area contributed by atoms with Gasteiger partial charge in [-0.1, -0.05) is 74.5 Å². The van der Waals surface area contributed by atoms with Crippen LogP contribution in [0.4, 0.5) is 9.59 Å². The third-order valence-electron chi connectivity index (χ3n) is 4.90. The van der Waals surface area contributed by atoms with Crippen LogP contribution in [0.5, 0.6) is 0 Å². The van der Waals surface area contributed by atoms with Crippen molar-refractivity contribution in [1.82, 2.24) is 21.5 Å². The van der Waals surface area contributed by atoms with E-state index in [1.807, 2.05) is 74.5 Å². The first-order valence-corrected chi connectivity index (χ1v) is 11.2. The lowest BCUT2D eigenvalue weighted by molar-refractivity contribution is -0.143. The molecule has 0 heterocycles. The van der Waals surface area contributed by atoms with E-state index in [1.165, 1.54) is 7.11 Å². The minimum absolute atomic E-state index is 0.0395. The van der Waals surface area contributed by atoms with Crippen LogP contribution in [0.25, 0.3) is 0 Å². The summed E-state index contributed by atoms with van der Waals surface area (Å²) in [6.07, 6.45) is -0.259. The summed E-state index contributed by atoms with van der Waals surface area (Å²) < 4.78 is 9.93. The molecule has 0 saturated heterocycles. The molecule has 0 fully saturated rings. The van der Waals surface area contributed by atoms with Gasteiger partial charge in [0.15, 0.2) is 0 Å². The van der Waals surface area contributed by atoms with E-state index in [9.17, 15) is 19.2 Å². The van der Waals surface area contributed by atoms with Crippen molar-refractivity contribution >= 4 is 24.0 Å². The Labute approximate surface area is 204 Å². The van der Waals surface area contributed by atoms with E-state index >= 15 is 0 Å². The Kier molecular flexibility index (Phi) is 11.1. The van der Waals surface area contributed by atoms with Crippen LogP contribution < -0.4 is 21.5 Å². The van der Waals surface area contributed by atoms with Gasteiger partial charge in [0.05, 0.1) is 7.11 Å². The summed E-state index contributed by atoms with van der Waals surface area (Å²) in [5.41, 5.74) is 6.08. The predicted molar refractivity (Wildman–Crippen MR) is 129 cm³/mol. The summed E-state index contributed by atoms with van der Waals surface area (Å²) in [6.45, 7) is 3.83. The molecule has 2 aromatic rings. The smallest absolute Gasteiger partial charge is 0.408 e. The summed E-state index contributed by atoms with van der Waals surface area (Å²) in [4.78, 5) is 49.3. The normalized spacial score (nSPS) is 12.1. The van der Waals surface area contributed by atoms with Gasteiger partial charge in [-0.05, 0) is 23.5 Å². The van der Waals surface area contributed by atoms with Gasteiger partial charge in [0.2, 0.25) is 0 Å². The molecule has 35 heavy (non-hydrogen) atoms. The Hall–Kier alpha value is -4.08. The lowest BCUT2D eigenvalue weighted by Crippen LogP contribution is -2.57. The highest BCUT2D eigenvalue weighted by Gasteiger charge is 2.25. The zero-order valence-corrected chi connectivity index (χ0v) is 20.1. The maximum Gasteiger partial charge on any atom is 0.408 e. The number of methoxy groups -OCH3 is 1. The highest BCUT2D eigenvalue weighted by Crippen LogP contribution is 2.07. The lowest BCUT2D eigenvalue weighted by atomic mass is 10.0. The maximum atomic E-state index is 12.8. The van der Waals surface area contributed by atoms with Crippen LogP contribution in [0.2, 0.25) is 0 Å². The van der Waals surface area contributed by atoms with Crippen molar-refractivity contribution in [2.45, 2.75) is 45.4 Å². The van der Waals surface area contributed by atoms with Gasteiger partial charge in [-0.15, -0.1) is 0 Å². The highest BCUT2D eigenvalue weighted by molar-refractivity contribution is 5.89. The SMILES string of the molecule is COC(=O)[C@H](CC(C)C)NC(=O)NNC(=O)[C@H](Cc1ccccc1)NC(=O)OCc1ccccc1. The fraction of sp³-hybridized carbons (Fsp3) is 0.360. The summed E-state index contributed by atoms with van der Waals surface area (Å²) >= 11 is 0. The third-order valence-corrected chi connectivity index (χ3v) is 4.90. The Balaban J connectivity index is 1.97. The van der Waals surface area contributed by atoms with Crippen LogP contribution in [0.3, 0.4) is 0 Å². The third kappa shape index (κ3) is 10.2. The number of amides is 4. The van der Waals surface area contributed by atoms with E-state index in [0.29, 0.717) is 6.42 Å². The van der Waals surface area contributed by atoms with Gasteiger partial charge in [-0.2, -0.15) is 0 Å². The van der Waals surface area contributed by atoms with Gasteiger partial charge in [-0.25, -0.2) is 19.8 Å². The molecule has 0 spiro atoms. The summed E-state index contributed by atoms with van der Waals surface area (Å²) in [6, 6.07) is 15.5. The van der Waals surface area contributed by atoms with E-state index < -0.39 is 36.1 Å². The topological polar surface area (TPSA) is 135 Å². The molecule has 0 aromatic heterocycles. The molecule has 0 unspecified atom stereocenters. The standard InChI is InChI=1S/C25H32N4O6/c1-17(2)14-21(23(31)34-3)26-24(32)29-28-22(30)20(15-18-10-6-4-7-11-18)27-25(33)35-16-19-12-8-5-9-13-19/h4-13,17,20-21H,14-16H2,1-3H3,(H,27,33)(H,28,30)(H2,26,29,32)/t20-,21-/m0/s1. The van der Waals surface area contributed by atoms with E-state index in [0.717, 1.165) is 11.1 Å². The predicted octanol–water partition coefficient (Wildman–Crippen LogP) is 2.44. The van der Waals surface area contributed by atoms with E-state index in [-0.39, 0.29) is 18.9 Å². The van der Waals surface area contributed by atoms with Crippen molar-refractivity contribution in [3.63, 3.8) is 0 Å². The van der Waals surface area contributed by atoms with E-state index in [2.05, 4.69) is 21.5 Å². The Morgan fingerprint density at radius 1 is 0.800 bits per heavy atom. The number of nitrogens with one attached hydrogen (secondary N) is 4. The first kappa shape index (κ1) is 27.2. The number of benzene rings is 2. The van der Waals surface area contributed by atoms with Crippen molar-refractivity contribution in [2.75, 3.05) is 7.11 Å². The molecule has 0 saturated carbocycles. The average molecular weight is 485 g/mol. The number of esters is 1. The Morgan fingerprint density at radius 2 is 1.40 bits per heavy atom. The molecular weight excluding hydrogens is 452 g/mol. The summed E-state index contributed by atoms with van der Waals surface area (Å²) in [5.74, 6) is -1.14. The van der Waals surface area contributed by atoms with Gasteiger partial charge in [-0.3, -0.25) is 10.2 Å². The molecular formula is C25H32N4O6. The molecule has 10 nitrogen and oxygen atoms in total. The van der Waals surface area contributed by atoms with Gasteiger partial charge in [0.1, 0.15) is 18.7 Å². The minimum atomic E-state index is -1.03. The molecule has 188 valence electrons. The second-order valence-corrected chi connectivity index (χ2v) is 8.24. The van der Waals surface area contributed by atoms with Gasteiger partial charge in [0, 0.05) is 6.42 Å². The fourth-order valence-electron chi connectivity index (χ4n) is 3.19. The lowest BCUT2D eigenvalue weighted by Gasteiger charge is -2.21. The zero-order valence-electron chi connectivity index (χ0n) is 20.1. The number of ether oxygens (including phenoxy) is 2. The second kappa shape index (κ2) is 14.2. The van der Waals surface area contributed by atoms with Crippen molar-refractivity contribution in [3.8, 4) is 0 Å². The number of rotatable bonds is 10.